The molecule has 0 fully saturated rings. The molecule has 2 rings (SSSR count). The number of rotatable bonds is 22. The normalized spacial score (nSPS) is 15.1. The van der Waals surface area contributed by atoms with E-state index in [1.807, 2.05) is 48.5 Å². The monoisotopic (exact) mass is 583 g/mol. The van der Waals surface area contributed by atoms with Crippen molar-refractivity contribution in [3.05, 3.63) is 71.8 Å². The van der Waals surface area contributed by atoms with Crippen molar-refractivity contribution >= 4 is 17.6 Å². The van der Waals surface area contributed by atoms with Crippen LogP contribution in [-0.2, 0) is 36.9 Å². The molecular weight excluding hydrogens is 537 g/mol. The molecule has 8 nitrogen and oxygen atoms in total. The molecule has 220 valence electrons. The predicted molar refractivity (Wildman–Crippen MR) is 156 cm³/mol. The minimum atomic E-state index is -4.43. The molecule has 0 heterocycles. The Bertz CT molecular complexity index is 1050. The molecule has 2 aromatic rings. The molecule has 3 unspecified atom stereocenters. The number of sulfonamides is 1. The summed E-state index contributed by atoms with van der Waals surface area (Å²) in [5.74, 6) is -1.73. The molecule has 0 spiro atoms. The SMILES string of the molecule is CCCCCCC(COP(=O)(O)C(O)COCc1ccccc1)NS(=O)(=O)CCCCCCc1ccccc1. The number of unbranched alkanes of at least 4 members (excludes halogenated alkanes) is 6. The molecule has 2 aromatic carbocycles. The van der Waals surface area contributed by atoms with Crippen molar-refractivity contribution in [2.45, 2.75) is 89.6 Å². The molecule has 0 saturated carbocycles. The van der Waals surface area contributed by atoms with Crippen LogP contribution < -0.4 is 4.72 Å². The van der Waals surface area contributed by atoms with Crippen LogP contribution in [0.2, 0.25) is 0 Å². The Morgan fingerprint density at radius 3 is 2.13 bits per heavy atom. The number of ether oxygens (including phenoxy) is 1. The van der Waals surface area contributed by atoms with Crippen molar-refractivity contribution in [3.8, 4) is 0 Å². The number of aryl methyl sites for hydroxylation is 1. The van der Waals surface area contributed by atoms with Gasteiger partial charge in [-0.15, -0.1) is 0 Å². The highest BCUT2D eigenvalue weighted by atomic mass is 32.2. The first-order chi connectivity index (χ1) is 18.7. The van der Waals surface area contributed by atoms with Crippen LogP contribution in [0.1, 0.15) is 75.8 Å². The Morgan fingerprint density at radius 2 is 1.46 bits per heavy atom. The summed E-state index contributed by atoms with van der Waals surface area (Å²) in [6.45, 7) is 1.60. The molecule has 3 atom stereocenters. The minimum absolute atomic E-state index is 0.00344. The third-order valence-corrected chi connectivity index (χ3v) is 9.38. The van der Waals surface area contributed by atoms with Gasteiger partial charge in [-0.2, -0.15) is 0 Å². The van der Waals surface area contributed by atoms with Crippen molar-refractivity contribution in [1.82, 2.24) is 4.72 Å². The molecule has 0 bridgehead atoms. The third kappa shape index (κ3) is 15.1. The van der Waals surface area contributed by atoms with E-state index in [0.717, 1.165) is 56.9 Å². The van der Waals surface area contributed by atoms with Gasteiger partial charge in [-0.05, 0) is 36.8 Å². The molecule has 0 aromatic heterocycles. The molecule has 3 N–H and O–H groups in total. The Labute approximate surface area is 234 Å². The van der Waals surface area contributed by atoms with Crippen molar-refractivity contribution in [3.63, 3.8) is 0 Å². The largest absolute Gasteiger partial charge is 0.378 e. The lowest BCUT2D eigenvalue weighted by Gasteiger charge is -2.23. The summed E-state index contributed by atoms with van der Waals surface area (Å²) in [6.07, 6.45) is 8.54. The molecule has 0 aliphatic heterocycles. The Kier molecular flexibility index (Phi) is 16.1. The van der Waals surface area contributed by atoms with E-state index in [4.69, 9.17) is 9.26 Å². The van der Waals surface area contributed by atoms with Gasteiger partial charge in [0.15, 0.2) is 5.85 Å². The Hall–Kier alpha value is -1.58. The van der Waals surface area contributed by atoms with Gasteiger partial charge < -0.3 is 19.3 Å². The van der Waals surface area contributed by atoms with E-state index < -0.39 is 29.5 Å². The van der Waals surface area contributed by atoms with Crippen LogP contribution >= 0.6 is 7.60 Å². The lowest BCUT2D eigenvalue weighted by atomic mass is 10.1. The summed E-state index contributed by atoms with van der Waals surface area (Å²) in [5.41, 5.74) is 2.16. The highest BCUT2D eigenvalue weighted by molar-refractivity contribution is 7.89. The number of hydrogen-bond donors (Lipinski definition) is 3. The summed E-state index contributed by atoms with van der Waals surface area (Å²) in [7, 11) is -8.02. The zero-order valence-corrected chi connectivity index (χ0v) is 24.8. The molecule has 0 aliphatic carbocycles. The van der Waals surface area contributed by atoms with E-state index in [1.165, 1.54) is 5.56 Å². The van der Waals surface area contributed by atoms with E-state index in [-0.39, 0.29) is 25.6 Å². The average molecular weight is 584 g/mol. The zero-order chi connectivity index (χ0) is 28.4. The highest BCUT2D eigenvalue weighted by Crippen LogP contribution is 2.46. The predicted octanol–water partition coefficient (Wildman–Crippen LogP) is 5.79. The molecule has 0 amide bonds. The fraction of sp³-hybridized carbons (Fsp3) is 0.586. The number of aliphatic hydroxyl groups excluding tert-OH is 1. The Morgan fingerprint density at radius 1 is 0.846 bits per heavy atom. The van der Waals surface area contributed by atoms with Crippen LogP contribution in [0, 0.1) is 0 Å². The van der Waals surface area contributed by atoms with Gasteiger partial charge in [-0.1, -0.05) is 106 Å². The van der Waals surface area contributed by atoms with Gasteiger partial charge in [-0.25, -0.2) is 13.1 Å². The fourth-order valence-electron chi connectivity index (χ4n) is 4.16. The van der Waals surface area contributed by atoms with E-state index in [1.54, 1.807) is 0 Å². The van der Waals surface area contributed by atoms with Crippen LogP contribution in [-0.4, -0.2) is 49.3 Å². The molecule has 0 aliphatic rings. The van der Waals surface area contributed by atoms with Crippen LogP contribution in [0.25, 0.3) is 0 Å². The zero-order valence-electron chi connectivity index (χ0n) is 23.1. The standard InChI is InChI=1S/C29H46NO7PS/c1-2-3-4-14-21-28(24-37-38(32,33)29(31)25-36-23-27-19-12-8-13-20-27)30-39(34,35)22-15-6-5-9-16-26-17-10-7-11-18-26/h7-8,10-13,17-20,28-31H,2-6,9,14-16,21-25H2,1H3,(H,32,33). The number of benzene rings is 2. The third-order valence-electron chi connectivity index (χ3n) is 6.44. The van der Waals surface area contributed by atoms with Gasteiger partial charge in [0.1, 0.15) is 0 Å². The van der Waals surface area contributed by atoms with E-state index in [2.05, 4.69) is 23.8 Å². The van der Waals surface area contributed by atoms with Crippen LogP contribution in [0.5, 0.6) is 0 Å². The van der Waals surface area contributed by atoms with Gasteiger partial charge in [-0.3, -0.25) is 4.57 Å². The molecule has 0 radical (unpaired) electrons. The van der Waals surface area contributed by atoms with Crippen LogP contribution in [0.4, 0.5) is 0 Å². The second-order valence-electron chi connectivity index (χ2n) is 9.97. The first-order valence-corrected chi connectivity index (χ1v) is 17.3. The maximum atomic E-state index is 12.8. The molecule has 0 saturated heterocycles. The van der Waals surface area contributed by atoms with Crippen LogP contribution in [0.15, 0.2) is 60.7 Å². The first-order valence-electron chi connectivity index (χ1n) is 14.0. The van der Waals surface area contributed by atoms with Crippen molar-refractivity contribution < 1.29 is 32.2 Å². The second-order valence-corrected chi connectivity index (χ2v) is 13.8. The lowest BCUT2D eigenvalue weighted by Crippen LogP contribution is -2.39. The first kappa shape index (κ1) is 33.6. The summed E-state index contributed by atoms with van der Waals surface area (Å²) < 4.78 is 51.4. The summed E-state index contributed by atoms with van der Waals surface area (Å²) in [6, 6.07) is 18.8. The fourth-order valence-corrected chi connectivity index (χ4v) is 6.41. The lowest BCUT2D eigenvalue weighted by molar-refractivity contribution is 0.0471. The maximum Gasteiger partial charge on any atom is 0.358 e. The van der Waals surface area contributed by atoms with Gasteiger partial charge in [0.05, 0.1) is 25.6 Å². The average Bonchev–Trinajstić information content (AvgIpc) is 2.92. The van der Waals surface area contributed by atoms with Crippen molar-refractivity contribution in [1.29, 1.82) is 0 Å². The van der Waals surface area contributed by atoms with Gasteiger partial charge >= 0.3 is 7.60 Å². The summed E-state index contributed by atoms with van der Waals surface area (Å²) in [4.78, 5) is 10.3. The molecular formula is C29H46NO7PS. The quantitative estimate of drug-likeness (QED) is 0.119. The van der Waals surface area contributed by atoms with Crippen molar-refractivity contribution in [2.24, 2.45) is 0 Å². The molecule has 10 heteroatoms. The smallest absolute Gasteiger partial charge is 0.358 e. The summed E-state index contributed by atoms with van der Waals surface area (Å²) >= 11 is 0. The maximum absolute atomic E-state index is 12.8. The molecule has 39 heavy (non-hydrogen) atoms. The summed E-state index contributed by atoms with van der Waals surface area (Å²) in [5, 5.41) is 10.2. The second kappa shape index (κ2) is 18.7. The van der Waals surface area contributed by atoms with Gasteiger partial charge in [0, 0.05) is 6.04 Å². The van der Waals surface area contributed by atoms with Crippen LogP contribution in [0.3, 0.4) is 0 Å². The van der Waals surface area contributed by atoms with Crippen molar-refractivity contribution in [2.75, 3.05) is 19.0 Å². The number of nitrogens with one attached hydrogen (secondary N) is 1. The number of hydrogen-bond acceptors (Lipinski definition) is 6. The van der Waals surface area contributed by atoms with Gasteiger partial charge in [0.25, 0.3) is 0 Å². The van der Waals surface area contributed by atoms with E-state index in [9.17, 15) is 23.0 Å². The Balaban J connectivity index is 1.77. The van der Waals surface area contributed by atoms with E-state index in [0.29, 0.717) is 12.8 Å². The topological polar surface area (TPSA) is 122 Å². The highest BCUT2D eigenvalue weighted by Gasteiger charge is 2.32. The minimum Gasteiger partial charge on any atom is -0.378 e. The number of aliphatic hydroxyl groups is 1. The van der Waals surface area contributed by atoms with Gasteiger partial charge in [0.2, 0.25) is 10.0 Å². The van der Waals surface area contributed by atoms with E-state index >= 15 is 0 Å².